The fourth-order valence-corrected chi connectivity index (χ4v) is 2.71. The smallest absolute Gasteiger partial charge is 0.306 e. The summed E-state index contributed by atoms with van der Waals surface area (Å²) in [6.45, 7) is 1.41. The van der Waals surface area contributed by atoms with Gasteiger partial charge in [0.15, 0.2) is 6.10 Å². The minimum atomic E-state index is -2.52. The number of esters is 1. The van der Waals surface area contributed by atoms with E-state index in [1.165, 1.54) is 37.3 Å². The molecule has 1 amide bonds. The lowest BCUT2D eigenvalue weighted by Crippen LogP contribution is -2.30. The Kier molecular flexibility index (Phi) is 7.72. The van der Waals surface area contributed by atoms with Crippen molar-refractivity contribution in [1.29, 1.82) is 0 Å². The third-order valence-corrected chi connectivity index (χ3v) is 4.30. The molecule has 0 heterocycles. The van der Waals surface area contributed by atoms with Crippen molar-refractivity contribution >= 4 is 29.3 Å². The number of carbonyl (C=O) groups excluding carboxylic acids is 2. The Bertz CT molecular complexity index is 784. The van der Waals surface area contributed by atoms with E-state index < -0.39 is 29.6 Å². The molecule has 1 atom stereocenters. The maximum absolute atomic E-state index is 13.5. The number of anilines is 1. The third-order valence-electron chi connectivity index (χ3n) is 3.58. The summed E-state index contributed by atoms with van der Waals surface area (Å²) in [4.78, 5) is 24.3. The van der Waals surface area contributed by atoms with Gasteiger partial charge in [0.25, 0.3) is 11.7 Å². The molecule has 2 aromatic carbocycles. The zero-order chi connectivity index (χ0) is 19.8. The lowest BCUT2D eigenvalue weighted by Gasteiger charge is -2.14. The van der Waals surface area contributed by atoms with Gasteiger partial charge in [0, 0.05) is 17.0 Å². The number of benzene rings is 2. The average molecular weight is 397 g/mol. The van der Waals surface area contributed by atoms with Crippen LogP contribution in [-0.2, 0) is 20.7 Å². The molecule has 0 aromatic heterocycles. The molecule has 0 saturated carbocycles. The molecule has 0 fully saturated rings. The molecule has 0 aliphatic carbocycles. The van der Waals surface area contributed by atoms with E-state index >= 15 is 0 Å². The van der Waals surface area contributed by atoms with E-state index in [1.54, 1.807) is 18.2 Å². The SMILES string of the molecule is C[C@H](OC(=O)CCc1ccccc1F)C(=O)Nc1ccc(SC(F)F)cc1. The highest BCUT2D eigenvalue weighted by molar-refractivity contribution is 7.99. The molecule has 0 aliphatic heterocycles. The monoisotopic (exact) mass is 397 g/mol. The molecule has 0 aliphatic rings. The minimum absolute atomic E-state index is 0.0574. The van der Waals surface area contributed by atoms with Gasteiger partial charge in [0.2, 0.25) is 0 Å². The van der Waals surface area contributed by atoms with Gasteiger partial charge < -0.3 is 10.1 Å². The van der Waals surface area contributed by atoms with Crippen molar-refractivity contribution in [2.75, 3.05) is 5.32 Å². The minimum Gasteiger partial charge on any atom is -0.453 e. The first kappa shape index (κ1) is 20.8. The molecule has 27 heavy (non-hydrogen) atoms. The second-order valence-electron chi connectivity index (χ2n) is 5.62. The summed E-state index contributed by atoms with van der Waals surface area (Å²) in [6.07, 6.45) is -0.936. The number of halogens is 3. The summed E-state index contributed by atoms with van der Waals surface area (Å²) in [5.41, 5.74) is 0.793. The van der Waals surface area contributed by atoms with Crippen LogP contribution >= 0.6 is 11.8 Å². The predicted octanol–water partition coefficient (Wildman–Crippen LogP) is 4.64. The number of ether oxygens (including phenoxy) is 1. The van der Waals surface area contributed by atoms with Crippen molar-refractivity contribution in [3.05, 3.63) is 59.9 Å². The number of thioether (sulfide) groups is 1. The van der Waals surface area contributed by atoms with Gasteiger partial charge in [0.05, 0.1) is 0 Å². The van der Waals surface area contributed by atoms with E-state index in [4.69, 9.17) is 4.74 Å². The first-order valence-corrected chi connectivity index (χ1v) is 9.01. The number of nitrogens with one attached hydrogen (secondary N) is 1. The van der Waals surface area contributed by atoms with Crippen molar-refractivity contribution in [1.82, 2.24) is 0 Å². The highest BCUT2D eigenvalue weighted by Crippen LogP contribution is 2.26. The molecule has 8 heteroatoms. The number of hydrogen-bond acceptors (Lipinski definition) is 4. The molecule has 0 unspecified atom stereocenters. The standard InChI is InChI=1S/C19H18F3NO3S/c1-12(26-17(24)11-6-13-4-2-3-5-16(13)20)18(25)23-14-7-9-15(10-8-14)27-19(21)22/h2-5,7-10,12,19H,6,11H2,1H3,(H,23,25)/t12-/m0/s1. The van der Waals surface area contributed by atoms with Crippen LogP contribution in [0.1, 0.15) is 18.9 Å². The second kappa shape index (κ2) is 10.0. The second-order valence-corrected chi connectivity index (χ2v) is 6.68. The summed E-state index contributed by atoms with van der Waals surface area (Å²) >= 11 is 0.403. The van der Waals surface area contributed by atoms with Crippen LogP contribution in [0, 0.1) is 5.82 Å². The van der Waals surface area contributed by atoms with E-state index in [0.717, 1.165) is 0 Å². The molecular weight excluding hydrogens is 379 g/mol. The lowest BCUT2D eigenvalue weighted by atomic mass is 10.1. The van der Waals surface area contributed by atoms with Crippen LogP contribution in [0.15, 0.2) is 53.4 Å². The zero-order valence-corrected chi connectivity index (χ0v) is 15.3. The first-order chi connectivity index (χ1) is 12.8. The van der Waals surface area contributed by atoms with Crippen LogP contribution in [0.4, 0.5) is 18.9 Å². The van der Waals surface area contributed by atoms with Crippen molar-refractivity contribution in [2.24, 2.45) is 0 Å². The molecule has 4 nitrogen and oxygen atoms in total. The molecule has 0 bridgehead atoms. The molecule has 2 aromatic rings. The predicted molar refractivity (Wildman–Crippen MR) is 97.2 cm³/mol. The van der Waals surface area contributed by atoms with Crippen molar-refractivity contribution in [3.8, 4) is 0 Å². The topological polar surface area (TPSA) is 55.4 Å². The fourth-order valence-electron chi connectivity index (χ4n) is 2.21. The Labute approximate surface area is 159 Å². The molecule has 0 spiro atoms. The van der Waals surface area contributed by atoms with Gasteiger partial charge in [-0.05, 0) is 49.2 Å². The molecule has 0 saturated heterocycles. The van der Waals surface area contributed by atoms with E-state index in [9.17, 15) is 22.8 Å². The van der Waals surface area contributed by atoms with Gasteiger partial charge in [-0.25, -0.2) is 4.39 Å². The van der Waals surface area contributed by atoms with Crippen LogP contribution in [-0.4, -0.2) is 23.7 Å². The zero-order valence-electron chi connectivity index (χ0n) is 14.5. The van der Waals surface area contributed by atoms with E-state index in [2.05, 4.69) is 5.32 Å². The molecule has 2 rings (SSSR count). The van der Waals surface area contributed by atoms with Crippen molar-refractivity contribution in [3.63, 3.8) is 0 Å². The third kappa shape index (κ3) is 6.97. The van der Waals surface area contributed by atoms with E-state index in [-0.39, 0.29) is 12.8 Å². The van der Waals surface area contributed by atoms with Crippen LogP contribution < -0.4 is 5.32 Å². The number of amides is 1. The molecule has 144 valence electrons. The number of aryl methyl sites for hydroxylation is 1. The number of rotatable bonds is 8. The van der Waals surface area contributed by atoms with Crippen LogP contribution in [0.5, 0.6) is 0 Å². The quantitative estimate of drug-likeness (QED) is 0.521. The van der Waals surface area contributed by atoms with Gasteiger partial charge in [-0.15, -0.1) is 0 Å². The fraction of sp³-hybridized carbons (Fsp3) is 0.263. The summed E-state index contributed by atoms with van der Waals surface area (Å²) in [5.74, 6) is -4.09. The Hall–Kier alpha value is -2.48. The van der Waals surface area contributed by atoms with Crippen LogP contribution in [0.3, 0.4) is 0 Å². The highest BCUT2D eigenvalue weighted by atomic mass is 32.2. The molecular formula is C19H18F3NO3S. The maximum atomic E-state index is 13.5. The normalized spacial score (nSPS) is 11.9. The Balaban J connectivity index is 1.80. The Morgan fingerprint density at radius 3 is 2.41 bits per heavy atom. The maximum Gasteiger partial charge on any atom is 0.306 e. The van der Waals surface area contributed by atoms with E-state index in [0.29, 0.717) is 27.9 Å². The first-order valence-electron chi connectivity index (χ1n) is 8.14. The van der Waals surface area contributed by atoms with Gasteiger partial charge >= 0.3 is 5.97 Å². The van der Waals surface area contributed by atoms with Gasteiger partial charge in [-0.2, -0.15) is 8.78 Å². The Morgan fingerprint density at radius 2 is 1.78 bits per heavy atom. The summed E-state index contributed by atoms with van der Waals surface area (Å²) in [6, 6.07) is 12.0. The summed E-state index contributed by atoms with van der Waals surface area (Å²) in [5, 5.41) is 2.54. The largest absolute Gasteiger partial charge is 0.453 e. The van der Waals surface area contributed by atoms with E-state index in [1.807, 2.05) is 0 Å². The Morgan fingerprint density at radius 1 is 1.11 bits per heavy atom. The number of alkyl halides is 2. The average Bonchev–Trinajstić information content (AvgIpc) is 2.62. The highest BCUT2D eigenvalue weighted by Gasteiger charge is 2.18. The number of hydrogen-bond donors (Lipinski definition) is 1. The molecule has 0 radical (unpaired) electrons. The van der Waals surface area contributed by atoms with Crippen molar-refractivity contribution < 1.29 is 27.5 Å². The molecule has 1 N–H and O–H groups in total. The number of carbonyl (C=O) groups is 2. The van der Waals surface area contributed by atoms with Crippen LogP contribution in [0.25, 0.3) is 0 Å². The van der Waals surface area contributed by atoms with Crippen LogP contribution in [0.2, 0.25) is 0 Å². The van der Waals surface area contributed by atoms with Gasteiger partial charge in [0.1, 0.15) is 5.82 Å². The lowest BCUT2D eigenvalue weighted by molar-refractivity contribution is -0.153. The van der Waals surface area contributed by atoms with Crippen molar-refractivity contribution in [2.45, 2.75) is 36.5 Å². The summed E-state index contributed by atoms with van der Waals surface area (Å²) in [7, 11) is 0. The summed E-state index contributed by atoms with van der Waals surface area (Å²) < 4.78 is 43.1. The van der Waals surface area contributed by atoms with Gasteiger partial charge in [-0.1, -0.05) is 30.0 Å². The van der Waals surface area contributed by atoms with Gasteiger partial charge in [-0.3, -0.25) is 9.59 Å².